The maximum atomic E-state index is 13.1. The molecule has 1 aromatic carbocycles. The third kappa shape index (κ3) is 3.06. The van der Waals surface area contributed by atoms with Gasteiger partial charge in [0.05, 0.1) is 17.6 Å². The molecule has 1 spiro atoms. The molecular weight excluding hydrogens is 348 g/mol. The number of imidazole rings is 1. The molecule has 5 nitrogen and oxygen atoms in total. The number of fused-ring (bicyclic) bond motifs is 2. The van der Waals surface area contributed by atoms with Gasteiger partial charge in [-0.1, -0.05) is 37.3 Å². The topological polar surface area (TPSA) is 52.2 Å². The van der Waals surface area contributed by atoms with Crippen molar-refractivity contribution in [2.45, 2.75) is 50.5 Å². The summed E-state index contributed by atoms with van der Waals surface area (Å²) in [4.78, 5) is 25.9. The van der Waals surface area contributed by atoms with Crippen molar-refractivity contribution in [3.05, 3.63) is 53.6 Å². The van der Waals surface area contributed by atoms with E-state index >= 15 is 0 Å². The van der Waals surface area contributed by atoms with E-state index in [1.165, 1.54) is 11.3 Å². The Morgan fingerprint density at radius 1 is 1.21 bits per heavy atom. The van der Waals surface area contributed by atoms with Crippen molar-refractivity contribution in [1.29, 1.82) is 0 Å². The van der Waals surface area contributed by atoms with Gasteiger partial charge in [-0.3, -0.25) is 4.79 Å². The molecule has 3 heterocycles. The molecule has 148 valence electrons. The molecule has 5 rings (SSSR count). The van der Waals surface area contributed by atoms with Crippen molar-refractivity contribution in [2.75, 3.05) is 26.2 Å². The van der Waals surface area contributed by atoms with Crippen molar-refractivity contribution in [2.24, 2.45) is 5.92 Å². The van der Waals surface area contributed by atoms with E-state index in [-0.39, 0.29) is 11.5 Å². The minimum Gasteiger partial charge on any atom is -0.348 e. The normalized spacial score (nSPS) is 22.8. The second-order valence-corrected chi connectivity index (χ2v) is 8.89. The molecule has 3 aliphatic rings. The second kappa shape index (κ2) is 7.03. The molecule has 0 unspecified atom stereocenters. The quantitative estimate of drug-likeness (QED) is 0.888. The predicted octanol–water partition coefficient (Wildman–Crippen LogP) is 3.30. The highest BCUT2D eigenvalue weighted by molar-refractivity contribution is 5.82. The number of nitrogens with zero attached hydrogens (tertiary/aromatic N) is 3. The van der Waals surface area contributed by atoms with Gasteiger partial charge in [0.1, 0.15) is 0 Å². The lowest BCUT2D eigenvalue weighted by Gasteiger charge is -2.51. The maximum Gasteiger partial charge on any atom is 0.226 e. The van der Waals surface area contributed by atoms with Gasteiger partial charge in [-0.25, -0.2) is 4.98 Å². The number of amides is 1. The van der Waals surface area contributed by atoms with Crippen LogP contribution in [-0.2, 0) is 16.8 Å². The average molecular weight is 379 g/mol. The number of nitrogens with one attached hydrogen (secondary N) is 1. The number of hydrogen-bond donors (Lipinski definition) is 1. The SMILES string of the molecule is C[C@@H](CN1CCC2(CC1)c1nc[nH]c1CCN2C(=O)C1CC1)c1ccccc1. The molecule has 2 aliphatic heterocycles. The molecule has 1 amide bonds. The van der Waals surface area contributed by atoms with E-state index in [0.29, 0.717) is 11.8 Å². The van der Waals surface area contributed by atoms with Crippen LogP contribution in [0.5, 0.6) is 0 Å². The number of rotatable bonds is 4. The standard InChI is InChI=1S/C23H30N4O/c1-17(18-5-3-2-4-6-18)15-26-13-10-23(11-14-26)21-20(24-16-25-21)9-12-27(23)22(28)19-7-8-19/h2-6,16-17,19H,7-15H2,1H3,(H,24,25)/t17-/m0/s1. The van der Waals surface area contributed by atoms with E-state index in [0.717, 1.165) is 64.0 Å². The molecule has 1 N–H and O–H groups in total. The number of aromatic nitrogens is 2. The fourth-order valence-electron chi connectivity index (χ4n) is 5.24. The number of benzene rings is 1. The molecule has 1 atom stereocenters. The van der Waals surface area contributed by atoms with Crippen molar-refractivity contribution < 1.29 is 4.79 Å². The van der Waals surface area contributed by atoms with E-state index in [2.05, 4.69) is 52.0 Å². The van der Waals surface area contributed by atoms with Crippen LogP contribution in [0.15, 0.2) is 36.7 Å². The van der Waals surface area contributed by atoms with Crippen LogP contribution in [0.2, 0.25) is 0 Å². The number of likely N-dealkylation sites (tertiary alicyclic amines) is 1. The first-order valence-electron chi connectivity index (χ1n) is 10.8. The van der Waals surface area contributed by atoms with Crippen molar-refractivity contribution in [3.8, 4) is 0 Å². The van der Waals surface area contributed by atoms with Crippen LogP contribution in [0.1, 0.15) is 55.5 Å². The highest BCUT2D eigenvalue weighted by atomic mass is 16.2. The Morgan fingerprint density at radius 3 is 2.68 bits per heavy atom. The van der Waals surface area contributed by atoms with Gasteiger partial charge in [0.25, 0.3) is 0 Å². The summed E-state index contributed by atoms with van der Waals surface area (Å²) >= 11 is 0. The first-order valence-corrected chi connectivity index (χ1v) is 10.8. The molecule has 2 fully saturated rings. The molecule has 1 saturated heterocycles. The highest BCUT2D eigenvalue weighted by Gasteiger charge is 2.50. The lowest BCUT2D eigenvalue weighted by molar-refractivity contribution is -0.143. The predicted molar refractivity (Wildman–Crippen MR) is 109 cm³/mol. The van der Waals surface area contributed by atoms with E-state index in [9.17, 15) is 4.79 Å². The van der Waals surface area contributed by atoms with Crippen molar-refractivity contribution in [1.82, 2.24) is 19.8 Å². The lowest BCUT2D eigenvalue weighted by Crippen LogP contribution is -2.58. The molecule has 0 radical (unpaired) electrons. The third-order valence-electron chi connectivity index (χ3n) is 7.04. The summed E-state index contributed by atoms with van der Waals surface area (Å²) in [7, 11) is 0. The van der Waals surface area contributed by atoms with Crippen LogP contribution in [0, 0.1) is 5.92 Å². The maximum absolute atomic E-state index is 13.1. The Morgan fingerprint density at radius 2 is 1.96 bits per heavy atom. The average Bonchev–Trinajstić information content (AvgIpc) is 3.47. The van der Waals surface area contributed by atoms with E-state index in [1.807, 2.05) is 6.33 Å². The largest absolute Gasteiger partial charge is 0.348 e. The van der Waals surface area contributed by atoms with E-state index in [1.54, 1.807) is 0 Å². The van der Waals surface area contributed by atoms with Gasteiger partial charge in [-0.15, -0.1) is 0 Å². The summed E-state index contributed by atoms with van der Waals surface area (Å²) in [6.45, 7) is 6.28. The molecule has 28 heavy (non-hydrogen) atoms. The number of carbonyl (C=O) groups excluding carboxylic acids is 1. The number of aromatic amines is 1. The first-order chi connectivity index (χ1) is 13.7. The summed E-state index contributed by atoms with van der Waals surface area (Å²) in [5.74, 6) is 1.17. The first kappa shape index (κ1) is 17.9. The van der Waals surface area contributed by atoms with Crippen molar-refractivity contribution >= 4 is 5.91 Å². The molecular formula is C23H30N4O. The van der Waals surface area contributed by atoms with Crippen LogP contribution in [0.3, 0.4) is 0 Å². The fraction of sp³-hybridized carbons (Fsp3) is 0.565. The summed E-state index contributed by atoms with van der Waals surface area (Å²) in [6, 6.07) is 10.8. The van der Waals surface area contributed by atoms with Crippen LogP contribution >= 0.6 is 0 Å². The van der Waals surface area contributed by atoms with E-state index < -0.39 is 0 Å². The summed E-state index contributed by atoms with van der Waals surface area (Å²) in [5, 5.41) is 0. The molecule has 1 aromatic heterocycles. The summed E-state index contributed by atoms with van der Waals surface area (Å²) < 4.78 is 0. The fourth-order valence-corrected chi connectivity index (χ4v) is 5.24. The van der Waals surface area contributed by atoms with Crippen LogP contribution in [0.4, 0.5) is 0 Å². The smallest absolute Gasteiger partial charge is 0.226 e. The Hall–Kier alpha value is -2.14. The highest BCUT2D eigenvalue weighted by Crippen LogP contribution is 2.45. The number of carbonyl (C=O) groups is 1. The van der Waals surface area contributed by atoms with Crippen LogP contribution < -0.4 is 0 Å². The zero-order valence-corrected chi connectivity index (χ0v) is 16.7. The van der Waals surface area contributed by atoms with Gasteiger partial charge >= 0.3 is 0 Å². The molecule has 1 saturated carbocycles. The van der Waals surface area contributed by atoms with Crippen LogP contribution in [-0.4, -0.2) is 51.9 Å². The molecule has 0 bridgehead atoms. The number of hydrogen-bond acceptors (Lipinski definition) is 3. The van der Waals surface area contributed by atoms with E-state index in [4.69, 9.17) is 4.98 Å². The summed E-state index contributed by atoms with van der Waals surface area (Å²) in [5.41, 5.74) is 3.59. The Bertz CT molecular complexity index is 833. The number of H-pyrrole nitrogens is 1. The number of piperidine rings is 1. The van der Waals surface area contributed by atoms with Gasteiger partial charge in [0.2, 0.25) is 5.91 Å². The Labute approximate surface area is 167 Å². The van der Waals surface area contributed by atoms with Crippen molar-refractivity contribution in [3.63, 3.8) is 0 Å². The minimum atomic E-state index is -0.195. The Balaban J connectivity index is 1.33. The monoisotopic (exact) mass is 378 g/mol. The van der Waals surface area contributed by atoms with Gasteiger partial charge in [-0.2, -0.15) is 0 Å². The Kier molecular flexibility index (Phi) is 4.50. The zero-order valence-electron chi connectivity index (χ0n) is 16.7. The van der Waals surface area contributed by atoms with Gasteiger partial charge < -0.3 is 14.8 Å². The van der Waals surface area contributed by atoms with Crippen LogP contribution in [0.25, 0.3) is 0 Å². The summed E-state index contributed by atoms with van der Waals surface area (Å²) in [6.07, 6.45) is 6.85. The molecule has 2 aromatic rings. The lowest BCUT2D eigenvalue weighted by atomic mass is 9.78. The van der Waals surface area contributed by atoms with Gasteiger partial charge in [0, 0.05) is 44.2 Å². The minimum absolute atomic E-state index is 0.195. The molecule has 1 aliphatic carbocycles. The van der Waals surface area contributed by atoms with Gasteiger partial charge in [-0.05, 0) is 37.2 Å². The third-order valence-corrected chi connectivity index (χ3v) is 7.04. The second-order valence-electron chi connectivity index (χ2n) is 8.89. The van der Waals surface area contributed by atoms with Gasteiger partial charge in [0.15, 0.2) is 0 Å². The molecule has 5 heteroatoms. The zero-order chi connectivity index (χ0) is 19.1.